The Morgan fingerprint density at radius 3 is 2.67 bits per heavy atom. The molecule has 3 N–H and O–H groups in total. The lowest BCUT2D eigenvalue weighted by Gasteiger charge is -2.07. The predicted octanol–water partition coefficient (Wildman–Crippen LogP) is 3.67. The van der Waals surface area contributed by atoms with Gasteiger partial charge in [0.1, 0.15) is 5.82 Å². The molecule has 0 aliphatic carbocycles. The van der Waals surface area contributed by atoms with Crippen LogP contribution in [0.3, 0.4) is 0 Å². The molecular formula is C11H10Cl2N4O. The summed E-state index contributed by atoms with van der Waals surface area (Å²) in [5.41, 5.74) is 1.40. The first-order chi connectivity index (χ1) is 8.56. The molecule has 0 aliphatic heterocycles. The van der Waals surface area contributed by atoms with Gasteiger partial charge in [0.15, 0.2) is 0 Å². The van der Waals surface area contributed by atoms with Gasteiger partial charge in [0, 0.05) is 11.3 Å². The van der Waals surface area contributed by atoms with E-state index in [4.69, 9.17) is 23.2 Å². The van der Waals surface area contributed by atoms with Gasteiger partial charge < -0.3 is 5.32 Å². The maximum atomic E-state index is 11.7. The average molecular weight is 285 g/mol. The first-order valence-electron chi connectivity index (χ1n) is 5.09. The van der Waals surface area contributed by atoms with Gasteiger partial charge in [-0.25, -0.2) is 4.79 Å². The van der Waals surface area contributed by atoms with E-state index in [0.29, 0.717) is 21.6 Å². The van der Waals surface area contributed by atoms with E-state index in [-0.39, 0.29) is 6.03 Å². The zero-order valence-corrected chi connectivity index (χ0v) is 10.9. The number of nitrogens with zero attached hydrogens (tertiary/aromatic N) is 1. The van der Waals surface area contributed by atoms with Crippen LogP contribution < -0.4 is 10.6 Å². The first kappa shape index (κ1) is 12.7. The van der Waals surface area contributed by atoms with E-state index in [1.165, 1.54) is 0 Å². The molecule has 1 aromatic heterocycles. The highest BCUT2D eigenvalue weighted by Crippen LogP contribution is 2.25. The van der Waals surface area contributed by atoms with Crippen LogP contribution in [0, 0.1) is 6.92 Å². The van der Waals surface area contributed by atoms with E-state index in [9.17, 15) is 4.79 Å². The van der Waals surface area contributed by atoms with E-state index >= 15 is 0 Å². The molecule has 0 saturated heterocycles. The van der Waals surface area contributed by atoms with Crippen molar-refractivity contribution in [2.45, 2.75) is 6.92 Å². The molecule has 0 bridgehead atoms. The number of aromatic nitrogens is 2. The first-order valence-corrected chi connectivity index (χ1v) is 5.85. The molecule has 2 amide bonds. The van der Waals surface area contributed by atoms with Gasteiger partial charge in [0.2, 0.25) is 0 Å². The number of carbonyl (C=O) groups is 1. The smallest absolute Gasteiger partial charge is 0.308 e. The number of halogens is 2. The SMILES string of the molecule is Cc1cn[nH]c1NC(=O)Nc1ccc(Cl)c(Cl)c1. The topological polar surface area (TPSA) is 69.8 Å². The van der Waals surface area contributed by atoms with E-state index < -0.39 is 0 Å². The Balaban J connectivity index is 2.03. The van der Waals surface area contributed by atoms with Gasteiger partial charge in [-0.05, 0) is 25.1 Å². The number of H-pyrrole nitrogens is 1. The fourth-order valence-electron chi connectivity index (χ4n) is 1.32. The number of urea groups is 1. The lowest BCUT2D eigenvalue weighted by atomic mass is 10.3. The van der Waals surface area contributed by atoms with Crippen LogP contribution in [0.4, 0.5) is 16.3 Å². The van der Waals surface area contributed by atoms with Crippen molar-refractivity contribution in [1.29, 1.82) is 0 Å². The zero-order valence-electron chi connectivity index (χ0n) is 9.42. The quantitative estimate of drug-likeness (QED) is 0.787. The second kappa shape index (κ2) is 5.29. The second-order valence-electron chi connectivity index (χ2n) is 3.64. The Kier molecular flexibility index (Phi) is 3.74. The average Bonchev–Trinajstić information content (AvgIpc) is 2.70. The third-order valence-electron chi connectivity index (χ3n) is 2.24. The third kappa shape index (κ3) is 2.94. The molecule has 0 aliphatic rings. The fraction of sp³-hybridized carbons (Fsp3) is 0.0909. The summed E-state index contributed by atoms with van der Waals surface area (Å²) < 4.78 is 0. The molecular weight excluding hydrogens is 275 g/mol. The second-order valence-corrected chi connectivity index (χ2v) is 4.45. The van der Waals surface area contributed by atoms with Crippen LogP contribution in [0.2, 0.25) is 10.0 Å². The Morgan fingerprint density at radius 1 is 1.28 bits per heavy atom. The van der Waals surface area contributed by atoms with E-state index in [1.54, 1.807) is 24.4 Å². The molecule has 1 aromatic carbocycles. The normalized spacial score (nSPS) is 10.2. The van der Waals surface area contributed by atoms with Crippen molar-refractivity contribution in [1.82, 2.24) is 10.2 Å². The largest absolute Gasteiger partial charge is 0.324 e. The number of carbonyl (C=O) groups excluding carboxylic acids is 1. The molecule has 1 heterocycles. The number of hydrogen-bond acceptors (Lipinski definition) is 2. The van der Waals surface area contributed by atoms with Gasteiger partial charge in [-0.1, -0.05) is 23.2 Å². The van der Waals surface area contributed by atoms with Crippen molar-refractivity contribution < 1.29 is 4.79 Å². The monoisotopic (exact) mass is 284 g/mol. The van der Waals surface area contributed by atoms with Gasteiger partial charge in [-0.2, -0.15) is 5.10 Å². The van der Waals surface area contributed by atoms with Crippen LogP contribution in [-0.2, 0) is 0 Å². The molecule has 2 aromatic rings. The van der Waals surface area contributed by atoms with Crippen molar-refractivity contribution in [3.63, 3.8) is 0 Å². The fourth-order valence-corrected chi connectivity index (χ4v) is 1.62. The maximum absolute atomic E-state index is 11.7. The van der Waals surface area contributed by atoms with Crippen LogP contribution in [0.15, 0.2) is 24.4 Å². The summed E-state index contributed by atoms with van der Waals surface area (Å²) in [5.74, 6) is 0.549. The van der Waals surface area contributed by atoms with Gasteiger partial charge in [0.25, 0.3) is 0 Å². The molecule has 0 radical (unpaired) electrons. The van der Waals surface area contributed by atoms with Crippen molar-refractivity contribution in [2.75, 3.05) is 10.6 Å². The number of rotatable bonds is 2. The summed E-state index contributed by atoms with van der Waals surface area (Å²) in [4.78, 5) is 11.7. The summed E-state index contributed by atoms with van der Waals surface area (Å²) in [6, 6.07) is 4.46. The number of aryl methyl sites for hydroxylation is 1. The zero-order chi connectivity index (χ0) is 13.1. The van der Waals surface area contributed by atoms with Crippen molar-refractivity contribution in [2.24, 2.45) is 0 Å². The number of nitrogens with one attached hydrogen (secondary N) is 3. The minimum Gasteiger partial charge on any atom is -0.308 e. The van der Waals surface area contributed by atoms with E-state index in [2.05, 4.69) is 20.8 Å². The Morgan fingerprint density at radius 2 is 2.06 bits per heavy atom. The van der Waals surface area contributed by atoms with Crippen LogP contribution in [0.1, 0.15) is 5.56 Å². The van der Waals surface area contributed by atoms with Crippen molar-refractivity contribution in [3.8, 4) is 0 Å². The van der Waals surface area contributed by atoms with Crippen LogP contribution in [0.5, 0.6) is 0 Å². The highest BCUT2D eigenvalue weighted by atomic mass is 35.5. The molecule has 0 spiro atoms. The molecule has 7 heteroatoms. The molecule has 0 fully saturated rings. The lowest BCUT2D eigenvalue weighted by molar-refractivity contribution is 0.262. The van der Waals surface area contributed by atoms with Gasteiger partial charge in [-0.15, -0.1) is 0 Å². The van der Waals surface area contributed by atoms with Crippen LogP contribution >= 0.6 is 23.2 Å². The number of aromatic amines is 1. The van der Waals surface area contributed by atoms with Crippen molar-refractivity contribution in [3.05, 3.63) is 40.0 Å². The highest BCUT2D eigenvalue weighted by Gasteiger charge is 2.07. The minimum absolute atomic E-state index is 0.382. The summed E-state index contributed by atoms with van der Waals surface area (Å²) in [6.45, 7) is 1.83. The van der Waals surface area contributed by atoms with E-state index in [1.807, 2.05) is 6.92 Å². The minimum atomic E-state index is -0.388. The molecule has 2 rings (SSSR count). The standard InChI is InChI=1S/C11H10Cl2N4O/c1-6-5-14-17-10(6)16-11(18)15-7-2-3-8(12)9(13)4-7/h2-5H,1H3,(H3,14,15,16,17,18). The summed E-state index contributed by atoms with van der Waals surface area (Å²) in [5, 5.41) is 12.6. The predicted molar refractivity (Wildman–Crippen MR) is 72.4 cm³/mol. The Bertz CT molecular complexity index is 582. The van der Waals surface area contributed by atoms with Crippen molar-refractivity contribution >= 4 is 40.7 Å². The number of benzene rings is 1. The summed E-state index contributed by atoms with van der Waals surface area (Å²) in [6.07, 6.45) is 1.62. The van der Waals surface area contributed by atoms with Crippen LogP contribution in [-0.4, -0.2) is 16.2 Å². The Labute approximate surface area is 113 Å². The molecule has 0 atom stereocenters. The highest BCUT2D eigenvalue weighted by molar-refractivity contribution is 6.42. The van der Waals surface area contributed by atoms with E-state index in [0.717, 1.165) is 5.56 Å². The number of hydrogen-bond donors (Lipinski definition) is 3. The van der Waals surface area contributed by atoms with Gasteiger partial charge >= 0.3 is 6.03 Å². The molecule has 0 saturated carbocycles. The molecule has 94 valence electrons. The summed E-state index contributed by atoms with van der Waals surface area (Å²) >= 11 is 11.6. The molecule has 0 unspecified atom stereocenters. The van der Waals surface area contributed by atoms with Crippen LogP contribution in [0.25, 0.3) is 0 Å². The maximum Gasteiger partial charge on any atom is 0.324 e. The molecule has 5 nitrogen and oxygen atoms in total. The lowest BCUT2D eigenvalue weighted by Crippen LogP contribution is -2.20. The van der Waals surface area contributed by atoms with Gasteiger partial charge in [-0.3, -0.25) is 10.4 Å². The summed E-state index contributed by atoms with van der Waals surface area (Å²) in [7, 11) is 0. The van der Waals surface area contributed by atoms with Gasteiger partial charge in [0.05, 0.1) is 16.2 Å². The number of anilines is 2. The third-order valence-corrected chi connectivity index (χ3v) is 2.98. The Hall–Kier alpha value is -1.72. The molecule has 18 heavy (non-hydrogen) atoms. The number of amides is 2.